The van der Waals surface area contributed by atoms with Crippen molar-refractivity contribution in [3.63, 3.8) is 0 Å². The van der Waals surface area contributed by atoms with Crippen LogP contribution >= 0.6 is 0 Å². The van der Waals surface area contributed by atoms with Gasteiger partial charge >= 0.3 is 0 Å². The predicted molar refractivity (Wildman–Crippen MR) is 76.7 cm³/mol. The summed E-state index contributed by atoms with van der Waals surface area (Å²) in [4.78, 5) is 2.05. The molecule has 1 N–H and O–H groups in total. The monoisotopic (exact) mass is 270 g/mol. The molecule has 0 saturated heterocycles. The van der Waals surface area contributed by atoms with E-state index in [4.69, 9.17) is 0 Å². The van der Waals surface area contributed by atoms with Gasteiger partial charge in [-0.2, -0.15) is 0 Å². The van der Waals surface area contributed by atoms with Crippen LogP contribution in [-0.4, -0.2) is 51.5 Å². The average molecular weight is 270 g/mol. The molecule has 1 aromatic carbocycles. The van der Waals surface area contributed by atoms with Crippen LogP contribution in [0.15, 0.2) is 30.3 Å². The molecular weight excluding hydrogens is 248 g/mol. The summed E-state index contributed by atoms with van der Waals surface area (Å²) in [6, 6.07) is 10.3. The molecule has 4 nitrogen and oxygen atoms in total. The van der Waals surface area contributed by atoms with Crippen LogP contribution in [0.4, 0.5) is 5.69 Å². The Morgan fingerprint density at radius 2 is 1.89 bits per heavy atom. The van der Waals surface area contributed by atoms with Crippen LogP contribution in [0.25, 0.3) is 0 Å². The summed E-state index contributed by atoms with van der Waals surface area (Å²) in [5.41, 5.74) is 1.08. The van der Waals surface area contributed by atoms with Crippen molar-refractivity contribution < 1.29 is 8.42 Å². The van der Waals surface area contributed by atoms with E-state index in [2.05, 4.69) is 17.1 Å². The minimum Gasteiger partial charge on any atom is -0.383 e. The van der Waals surface area contributed by atoms with Gasteiger partial charge in [0, 0.05) is 31.1 Å². The number of hydrogen-bond acceptors (Lipinski definition) is 4. The quantitative estimate of drug-likeness (QED) is 0.815. The molecule has 18 heavy (non-hydrogen) atoms. The number of anilines is 1. The van der Waals surface area contributed by atoms with Gasteiger partial charge in [-0.25, -0.2) is 8.42 Å². The Bertz CT molecular complexity index is 445. The largest absolute Gasteiger partial charge is 0.383 e. The smallest absolute Gasteiger partial charge is 0.148 e. The SMILES string of the molecule is CC(CNc1ccccc1)N(C)CCS(C)(=O)=O. The standard InChI is InChI=1S/C13H22N2O2S/c1-12(15(2)9-10-18(3,16)17)11-14-13-7-5-4-6-8-13/h4-8,12,14H,9-11H2,1-3H3. The second-order valence-electron chi connectivity index (χ2n) is 4.71. The summed E-state index contributed by atoms with van der Waals surface area (Å²) in [6.07, 6.45) is 1.27. The zero-order valence-electron chi connectivity index (χ0n) is 11.3. The van der Waals surface area contributed by atoms with Crippen molar-refractivity contribution in [3.05, 3.63) is 30.3 Å². The molecule has 0 saturated carbocycles. The lowest BCUT2D eigenvalue weighted by molar-refractivity contribution is 0.282. The van der Waals surface area contributed by atoms with E-state index in [9.17, 15) is 8.42 Å². The molecule has 102 valence electrons. The first-order chi connectivity index (χ1) is 8.38. The molecule has 0 bridgehead atoms. The molecule has 0 aliphatic rings. The lowest BCUT2D eigenvalue weighted by Crippen LogP contribution is -2.37. The second-order valence-corrected chi connectivity index (χ2v) is 6.97. The van der Waals surface area contributed by atoms with E-state index in [0.717, 1.165) is 12.2 Å². The highest BCUT2D eigenvalue weighted by Gasteiger charge is 2.11. The van der Waals surface area contributed by atoms with Crippen LogP contribution < -0.4 is 5.32 Å². The maximum Gasteiger partial charge on any atom is 0.148 e. The van der Waals surface area contributed by atoms with Crippen LogP contribution in [0.2, 0.25) is 0 Å². The maximum absolute atomic E-state index is 11.1. The van der Waals surface area contributed by atoms with Crippen LogP contribution in [-0.2, 0) is 9.84 Å². The first-order valence-electron chi connectivity index (χ1n) is 6.05. The first-order valence-corrected chi connectivity index (χ1v) is 8.11. The maximum atomic E-state index is 11.1. The van der Waals surface area contributed by atoms with Crippen molar-refractivity contribution in [3.8, 4) is 0 Å². The van der Waals surface area contributed by atoms with Crippen LogP contribution in [0, 0.1) is 0 Å². The lowest BCUT2D eigenvalue weighted by atomic mass is 10.2. The molecule has 5 heteroatoms. The van der Waals surface area contributed by atoms with Gasteiger partial charge in [0.25, 0.3) is 0 Å². The van der Waals surface area contributed by atoms with Gasteiger partial charge in [0.15, 0.2) is 0 Å². The minimum atomic E-state index is -2.88. The van der Waals surface area contributed by atoms with Crippen LogP contribution in [0.1, 0.15) is 6.92 Å². The van der Waals surface area contributed by atoms with E-state index in [1.807, 2.05) is 37.4 Å². The molecule has 1 atom stereocenters. The number of sulfone groups is 1. The summed E-state index contributed by atoms with van der Waals surface area (Å²) in [5, 5.41) is 3.33. The summed E-state index contributed by atoms with van der Waals surface area (Å²) in [5.74, 6) is 0.208. The molecule has 0 fully saturated rings. The second kappa shape index (κ2) is 6.75. The molecule has 0 amide bonds. The van der Waals surface area contributed by atoms with Gasteiger partial charge in [0.05, 0.1) is 5.75 Å². The van der Waals surface area contributed by atoms with Crippen molar-refractivity contribution >= 4 is 15.5 Å². The molecule has 0 radical (unpaired) electrons. The molecule has 0 heterocycles. The van der Waals surface area contributed by atoms with Gasteiger partial charge in [0.2, 0.25) is 0 Å². The van der Waals surface area contributed by atoms with E-state index in [1.54, 1.807) is 0 Å². The molecule has 0 aliphatic heterocycles. The third-order valence-corrected chi connectivity index (χ3v) is 3.87. The molecule has 0 spiro atoms. The van der Waals surface area contributed by atoms with Crippen molar-refractivity contribution in [2.75, 3.05) is 37.5 Å². The van der Waals surface area contributed by atoms with E-state index in [-0.39, 0.29) is 11.8 Å². The number of para-hydroxylation sites is 1. The Balaban J connectivity index is 2.34. The highest BCUT2D eigenvalue weighted by atomic mass is 32.2. The van der Waals surface area contributed by atoms with Gasteiger partial charge in [0.1, 0.15) is 9.84 Å². The Hall–Kier alpha value is -1.07. The molecular formula is C13H22N2O2S. The van der Waals surface area contributed by atoms with E-state index >= 15 is 0 Å². The van der Waals surface area contributed by atoms with Crippen molar-refractivity contribution in [1.82, 2.24) is 4.90 Å². The Morgan fingerprint density at radius 3 is 2.44 bits per heavy atom. The normalized spacial score (nSPS) is 13.6. The summed E-state index contributed by atoms with van der Waals surface area (Å²) < 4.78 is 22.2. The number of benzene rings is 1. The molecule has 1 rings (SSSR count). The average Bonchev–Trinajstić information content (AvgIpc) is 2.33. The number of hydrogen-bond donors (Lipinski definition) is 1. The summed E-state index contributed by atoms with van der Waals surface area (Å²) in [6.45, 7) is 3.44. The van der Waals surface area contributed by atoms with Gasteiger partial charge < -0.3 is 10.2 Å². The van der Waals surface area contributed by atoms with Gasteiger partial charge in [-0.1, -0.05) is 18.2 Å². The number of rotatable bonds is 7. The molecule has 1 aromatic rings. The van der Waals surface area contributed by atoms with E-state index in [0.29, 0.717) is 6.54 Å². The number of likely N-dealkylation sites (N-methyl/N-ethyl adjacent to an activating group) is 1. The Labute approximate surface area is 110 Å². The third-order valence-electron chi connectivity index (χ3n) is 2.94. The van der Waals surface area contributed by atoms with Gasteiger partial charge in [-0.3, -0.25) is 0 Å². The fourth-order valence-corrected chi connectivity index (χ4v) is 2.13. The zero-order valence-corrected chi connectivity index (χ0v) is 12.1. The molecule has 1 unspecified atom stereocenters. The molecule has 0 aromatic heterocycles. The van der Waals surface area contributed by atoms with E-state index in [1.165, 1.54) is 6.26 Å². The lowest BCUT2D eigenvalue weighted by Gasteiger charge is -2.24. The van der Waals surface area contributed by atoms with Gasteiger partial charge in [-0.15, -0.1) is 0 Å². The van der Waals surface area contributed by atoms with Crippen LogP contribution in [0.5, 0.6) is 0 Å². The third kappa shape index (κ3) is 6.02. The Morgan fingerprint density at radius 1 is 1.28 bits per heavy atom. The highest BCUT2D eigenvalue weighted by Crippen LogP contribution is 2.06. The summed E-state index contributed by atoms with van der Waals surface area (Å²) in [7, 11) is -0.935. The fraction of sp³-hybridized carbons (Fsp3) is 0.538. The Kier molecular flexibility index (Phi) is 5.62. The molecule has 0 aliphatic carbocycles. The summed E-state index contributed by atoms with van der Waals surface area (Å²) >= 11 is 0. The number of nitrogens with one attached hydrogen (secondary N) is 1. The minimum absolute atomic E-state index is 0.208. The highest BCUT2D eigenvalue weighted by molar-refractivity contribution is 7.90. The number of nitrogens with zero attached hydrogens (tertiary/aromatic N) is 1. The topological polar surface area (TPSA) is 49.4 Å². The van der Waals surface area contributed by atoms with Crippen molar-refractivity contribution in [1.29, 1.82) is 0 Å². The van der Waals surface area contributed by atoms with Crippen molar-refractivity contribution in [2.45, 2.75) is 13.0 Å². The van der Waals surface area contributed by atoms with Crippen LogP contribution in [0.3, 0.4) is 0 Å². The van der Waals surface area contributed by atoms with E-state index < -0.39 is 9.84 Å². The van der Waals surface area contributed by atoms with Crippen molar-refractivity contribution in [2.24, 2.45) is 0 Å². The van der Waals surface area contributed by atoms with Gasteiger partial charge in [-0.05, 0) is 26.1 Å². The fourth-order valence-electron chi connectivity index (χ4n) is 1.51. The zero-order chi connectivity index (χ0) is 13.6. The predicted octanol–water partition coefficient (Wildman–Crippen LogP) is 1.46. The first kappa shape index (κ1) is 15.0.